The van der Waals surface area contributed by atoms with Crippen LogP contribution in [0.2, 0.25) is 0 Å². The first-order valence-corrected chi connectivity index (χ1v) is 23.4. The van der Waals surface area contributed by atoms with Gasteiger partial charge in [0.05, 0.1) is 16.6 Å². The molecule has 0 saturated heterocycles. The van der Waals surface area contributed by atoms with Gasteiger partial charge in [-0.1, -0.05) is 182 Å². The van der Waals surface area contributed by atoms with Crippen LogP contribution in [0.25, 0.3) is 66.7 Å². The van der Waals surface area contributed by atoms with E-state index in [4.69, 9.17) is 4.98 Å². The standard InChI is InChI=1S/C64H46N2/c1-3-16-43(17-4-1)45-30-35-50(36-31-45)66(52-22-15-21-47(40-52)44-18-5-2-6-19-44)51-37-32-46(33-38-51)57-41-48-20-7-14-29-62(48)65-63(57)49-34-39-56-55-25-10-13-28-60(55)64(61(56)42-49)58-26-11-8-23-53(58)54-24-9-12-27-59(54)64/h1-8,10-14,16-21,23,25-42H,9,15,22,24H2. The Labute approximate surface area is 386 Å². The Morgan fingerprint density at radius 3 is 1.82 bits per heavy atom. The molecule has 1 spiro atoms. The Morgan fingerprint density at radius 2 is 1.05 bits per heavy atom. The van der Waals surface area contributed by atoms with Crippen LogP contribution in [0.3, 0.4) is 0 Å². The molecule has 0 N–H and O–H groups in total. The molecule has 1 atom stereocenters. The maximum Gasteiger partial charge on any atom is 0.0788 e. The lowest BCUT2D eigenvalue weighted by Crippen LogP contribution is -2.27. The van der Waals surface area contributed by atoms with Gasteiger partial charge < -0.3 is 4.90 Å². The number of para-hydroxylation sites is 1. The molecule has 0 bridgehead atoms. The summed E-state index contributed by atoms with van der Waals surface area (Å²) in [6.45, 7) is 0. The van der Waals surface area contributed by atoms with Gasteiger partial charge in [0, 0.05) is 33.6 Å². The van der Waals surface area contributed by atoms with Crippen LogP contribution in [-0.2, 0) is 5.41 Å². The second kappa shape index (κ2) is 15.6. The Hall–Kier alpha value is -8.07. The van der Waals surface area contributed by atoms with Crippen LogP contribution in [-0.4, -0.2) is 4.98 Å². The number of fused-ring (bicyclic) bond motifs is 10. The predicted octanol–water partition coefficient (Wildman–Crippen LogP) is 16.6. The number of benzene rings is 8. The van der Waals surface area contributed by atoms with Crippen molar-refractivity contribution in [2.24, 2.45) is 0 Å². The lowest BCUT2D eigenvalue weighted by molar-refractivity contribution is 0.780. The fraction of sp³-hybridized carbons (Fsp3) is 0.0781. The van der Waals surface area contributed by atoms with Crippen LogP contribution >= 0.6 is 0 Å². The topological polar surface area (TPSA) is 16.1 Å². The molecule has 4 aliphatic carbocycles. The molecule has 66 heavy (non-hydrogen) atoms. The largest absolute Gasteiger partial charge is 0.314 e. The molecule has 312 valence electrons. The molecule has 0 amide bonds. The highest BCUT2D eigenvalue weighted by Crippen LogP contribution is 2.63. The molecule has 0 saturated carbocycles. The van der Waals surface area contributed by atoms with Crippen molar-refractivity contribution in [3.05, 3.63) is 270 Å². The van der Waals surface area contributed by atoms with E-state index in [1.807, 2.05) is 0 Å². The number of anilines is 2. The third-order valence-corrected chi connectivity index (χ3v) is 14.4. The van der Waals surface area contributed by atoms with Crippen LogP contribution in [0.5, 0.6) is 0 Å². The van der Waals surface area contributed by atoms with E-state index < -0.39 is 0 Å². The first-order valence-electron chi connectivity index (χ1n) is 23.4. The summed E-state index contributed by atoms with van der Waals surface area (Å²) >= 11 is 0. The summed E-state index contributed by atoms with van der Waals surface area (Å²) in [5.41, 5.74) is 24.5. The number of aromatic nitrogens is 1. The molecule has 8 aromatic carbocycles. The summed E-state index contributed by atoms with van der Waals surface area (Å²) < 4.78 is 0. The summed E-state index contributed by atoms with van der Waals surface area (Å²) in [4.78, 5) is 7.99. The van der Waals surface area contributed by atoms with E-state index >= 15 is 0 Å². The lowest BCUT2D eigenvalue weighted by Gasteiger charge is -2.32. The van der Waals surface area contributed by atoms with Crippen LogP contribution in [0, 0.1) is 0 Å². The Bertz CT molecular complexity index is 3500. The highest BCUT2D eigenvalue weighted by atomic mass is 15.1. The van der Waals surface area contributed by atoms with Crippen LogP contribution in [0.4, 0.5) is 11.4 Å². The molecule has 1 aromatic heterocycles. The quantitative estimate of drug-likeness (QED) is 0.159. The Balaban J connectivity index is 0.950. The van der Waals surface area contributed by atoms with E-state index in [1.165, 1.54) is 72.5 Å². The van der Waals surface area contributed by atoms with Gasteiger partial charge in [-0.3, -0.25) is 0 Å². The second-order valence-electron chi connectivity index (χ2n) is 18.0. The van der Waals surface area contributed by atoms with Gasteiger partial charge in [-0.25, -0.2) is 4.98 Å². The van der Waals surface area contributed by atoms with Crippen LogP contribution in [0.1, 0.15) is 53.5 Å². The van der Waals surface area contributed by atoms with Gasteiger partial charge in [-0.2, -0.15) is 0 Å². The third-order valence-electron chi connectivity index (χ3n) is 14.4. The molecule has 2 heteroatoms. The zero-order valence-corrected chi connectivity index (χ0v) is 36.7. The number of rotatable bonds is 7. The van der Waals surface area contributed by atoms with Gasteiger partial charge in [0.1, 0.15) is 0 Å². The fourth-order valence-electron chi connectivity index (χ4n) is 11.5. The van der Waals surface area contributed by atoms with Gasteiger partial charge in [-0.15, -0.1) is 0 Å². The summed E-state index contributed by atoms with van der Waals surface area (Å²) in [7, 11) is 0. The van der Waals surface area contributed by atoms with Crippen molar-refractivity contribution in [3.8, 4) is 44.6 Å². The summed E-state index contributed by atoms with van der Waals surface area (Å²) in [6.07, 6.45) is 13.6. The van der Waals surface area contributed by atoms with E-state index in [-0.39, 0.29) is 5.41 Å². The monoisotopic (exact) mass is 842 g/mol. The SMILES string of the molecule is C1=CC2=C(CC1)c1ccccc1C21c2ccccc2-c2ccc(-c3nc4ccccc4cc3-c3ccc(N(C4=CC(c5ccccc5)=CCC4)c4ccc(-c5ccccc5)cc4)cc3)cc21. The minimum Gasteiger partial charge on any atom is -0.314 e. The molecular formula is C64H46N2. The van der Waals surface area contributed by atoms with Gasteiger partial charge in [0.25, 0.3) is 0 Å². The third kappa shape index (κ3) is 6.06. The predicted molar refractivity (Wildman–Crippen MR) is 275 cm³/mol. The summed E-state index contributed by atoms with van der Waals surface area (Å²) in [6, 6.07) is 76.0. The summed E-state index contributed by atoms with van der Waals surface area (Å²) in [5.74, 6) is 0. The van der Waals surface area contributed by atoms with Crippen molar-refractivity contribution in [1.29, 1.82) is 0 Å². The average Bonchev–Trinajstić information content (AvgIpc) is 3.86. The zero-order chi connectivity index (χ0) is 43.6. The Morgan fingerprint density at radius 1 is 0.439 bits per heavy atom. The van der Waals surface area contributed by atoms with Gasteiger partial charge in [0.15, 0.2) is 0 Å². The molecule has 0 fully saturated rings. The van der Waals surface area contributed by atoms with E-state index in [1.54, 1.807) is 0 Å². The molecule has 0 radical (unpaired) electrons. The van der Waals surface area contributed by atoms with E-state index in [0.717, 1.165) is 70.3 Å². The first kappa shape index (κ1) is 38.4. The molecular weight excluding hydrogens is 797 g/mol. The number of hydrogen-bond acceptors (Lipinski definition) is 2. The van der Waals surface area contributed by atoms with Gasteiger partial charge in [0.2, 0.25) is 0 Å². The second-order valence-corrected chi connectivity index (χ2v) is 18.0. The van der Waals surface area contributed by atoms with Gasteiger partial charge in [-0.05, 0) is 147 Å². The number of pyridine rings is 1. The molecule has 1 heterocycles. The highest BCUT2D eigenvalue weighted by molar-refractivity contribution is 5.98. The number of nitrogens with zero attached hydrogens (tertiary/aromatic N) is 2. The molecule has 9 aromatic rings. The minimum absolute atomic E-state index is 0.379. The van der Waals surface area contributed by atoms with E-state index in [0.29, 0.717) is 0 Å². The fourth-order valence-corrected chi connectivity index (χ4v) is 11.5. The number of hydrogen-bond donors (Lipinski definition) is 0. The molecule has 13 rings (SSSR count). The first-order chi connectivity index (χ1) is 32.7. The molecule has 0 aliphatic heterocycles. The van der Waals surface area contributed by atoms with Crippen molar-refractivity contribution >= 4 is 33.4 Å². The summed E-state index contributed by atoms with van der Waals surface area (Å²) in [5, 5.41) is 1.13. The van der Waals surface area contributed by atoms with Gasteiger partial charge >= 0.3 is 0 Å². The Kier molecular flexibility index (Phi) is 9.06. The molecule has 4 aliphatic rings. The van der Waals surface area contributed by atoms with Crippen molar-refractivity contribution in [3.63, 3.8) is 0 Å². The van der Waals surface area contributed by atoms with Crippen molar-refractivity contribution < 1.29 is 0 Å². The molecule has 1 unspecified atom stereocenters. The van der Waals surface area contributed by atoms with Crippen LogP contribution < -0.4 is 4.90 Å². The zero-order valence-electron chi connectivity index (χ0n) is 36.7. The smallest absolute Gasteiger partial charge is 0.0788 e. The maximum absolute atomic E-state index is 5.53. The molecule has 2 nitrogen and oxygen atoms in total. The van der Waals surface area contributed by atoms with Crippen molar-refractivity contribution in [1.82, 2.24) is 4.98 Å². The van der Waals surface area contributed by atoms with E-state index in [2.05, 4.69) is 235 Å². The minimum atomic E-state index is -0.379. The van der Waals surface area contributed by atoms with Crippen molar-refractivity contribution in [2.75, 3.05) is 4.90 Å². The normalized spacial score (nSPS) is 16.7. The maximum atomic E-state index is 5.53. The van der Waals surface area contributed by atoms with Crippen LogP contribution in [0.15, 0.2) is 242 Å². The van der Waals surface area contributed by atoms with Crippen molar-refractivity contribution in [2.45, 2.75) is 31.1 Å². The number of allylic oxidation sites excluding steroid dienone is 8. The van der Waals surface area contributed by atoms with E-state index in [9.17, 15) is 0 Å². The highest BCUT2D eigenvalue weighted by Gasteiger charge is 2.52. The lowest BCUT2D eigenvalue weighted by atomic mass is 9.69. The average molecular weight is 843 g/mol.